The number of thiophene rings is 1. The number of rotatable bonds is 5. The summed E-state index contributed by atoms with van der Waals surface area (Å²) in [6, 6.07) is 20.5. The van der Waals surface area contributed by atoms with Crippen LogP contribution in [0.3, 0.4) is 0 Å². The molecule has 1 amide bonds. The first-order valence-electron chi connectivity index (χ1n) is 11.3. The lowest BCUT2D eigenvalue weighted by Gasteiger charge is -2.36. The molecule has 5 rings (SSSR count). The number of benzene rings is 2. The molecule has 2 aromatic carbocycles. The summed E-state index contributed by atoms with van der Waals surface area (Å²) in [7, 11) is 0. The molecule has 0 aliphatic carbocycles. The van der Waals surface area contributed by atoms with E-state index in [0.717, 1.165) is 33.6 Å². The average Bonchev–Trinajstić information content (AvgIpc) is 3.37. The zero-order chi connectivity index (χ0) is 23.7. The Balaban J connectivity index is 1.38. The van der Waals surface area contributed by atoms with E-state index >= 15 is 0 Å². The van der Waals surface area contributed by atoms with Crippen LogP contribution in [0.15, 0.2) is 66.7 Å². The second kappa shape index (κ2) is 9.23. The molecule has 0 bridgehead atoms. The van der Waals surface area contributed by atoms with E-state index in [-0.39, 0.29) is 11.6 Å². The van der Waals surface area contributed by atoms with Crippen molar-refractivity contribution in [3.05, 3.63) is 87.3 Å². The van der Waals surface area contributed by atoms with Gasteiger partial charge in [-0.15, -0.1) is 11.3 Å². The number of nitro benzene ring substituents is 1. The first-order chi connectivity index (χ1) is 16.5. The molecule has 3 heterocycles. The molecule has 0 spiro atoms. The maximum absolute atomic E-state index is 13.6. The van der Waals surface area contributed by atoms with Gasteiger partial charge in [0.15, 0.2) is 0 Å². The number of hydrogen-bond acceptors (Lipinski definition) is 6. The zero-order valence-corrected chi connectivity index (χ0v) is 19.6. The Hall–Kier alpha value is -3.78. The minimum absolute atomic E-state index is 0.00970. The van der Waals surface area contributed by atoms with Gasteiger partial charge < -0.3 is 9.80 Å². The van der Waals surface area contributed by atoms with E-state index in [4.69, 9.17) is 4.98 Å². The molecule has 1 aliphatic heterocycles. The van der Waals surface area contributed by atoms with Crippen molar-refractivity contribution in [2.75, 3.05) is 31.1 Å². The summed E-state index contributed by atoms with van der Waals surface area (Å²) < 4.78 is 0. The maximum atomic E-state index is 13.6. The third-order valence-corrected chi connectivity index (χ3v) is 7.45. The zero-order valence-electron chi connectivity index (χ0n) is 18.8. The number of aryl methyl sites for hydroxylation is 1. The van der Waals surface area contributed by atoms with Gasteiger partial charge >= 0.3 is 0 Å². The highest BCUT2D eigenvalue weighted by molar-refractivity contribution is 7.15. The third-order valence-electron chi connectivity index (χ3n) is 6.20. The second-order valence-corrected chi connectivity index (χ2v) is 9.41. The molecule has 8 heteroatoms. The summed E-state index contributed by atoms with van der Waals surface area (Å²) in [4.78, 5) is 35.4. The van der Waals surface area contributed by atoms with E-state index in [9.17, 15) is 14.9 Å². The van der Waals surface area contributed by atoms with Gasteiger partial charge in [-0.1, -0.05) is 25.1 Å². The van der Waals surface area contributed by atoms with Crippen molar-refractivity contribution in [3.63, 3.8) is 0 Å². The first-order valence-corrected chi connectivity index (χ1v) is 12.1. The van der Waals surface area contributed by atoms with Crippen molar-refractivity contribution < 1.29 is 9.72 Å². The molecule has 34 heavy (non-hydrogen) atoms. The third kappa shape index (κ3) is 4.24. The molecule has 172 valence electrons. The fourth-order valence-corrected chi connectivity index (χ4v) is 5.22. The van der Waals surface area contributed by atoms with E-state index < -0.39 is 4.92 Å². The number of pyridine rings is 1. The quantitative estimate of drug-likeness (QED) is 0.287. The largest absolute Gasteiger partial charge is 0.368 e. The molecule has 1 fully saturated rings. The molecular weight excluding hydrogens is 448 g/mol. The van der Waals surface area contributed by atoms with Gasteiger partial charge in [0.1, 0.15) is 0 Å². The number of fused-ring (bicyclic) bond motifs is 1. The molecule has 0 radical (unpaired) electrons. The van der Waals surface area contributed by atoms with Gasteiger partial charge in [-0.25, -0.2) is 4.98 Å². The molecule has 0 saturated carbocycles. The predicted molar refractivity (Wildman–Crippen MR) is 136 cm³/mol. The van der Waals surface area contributed by atoms with Crippen LogP contribution < -0.4 is 4.90 Å². The highest BCUT2D eigenvalue weighted by Gasteiger charge is 2.25. The lowest BCUT2D eigenvalue weighted by molar-refractivity contribution is -0.384. The lowest BCUT2D eigenvalue weighted by Crippen LogP contribution is -2.48. The van der Waals surface area contributed by atoms with Crippen molar-refractivity contribution in [1.29, 1.82) is 0 Å². The van der Waals surface area contributed by atoms with Crippen molar-refractivity contribution in [2.45, 2.75) is 13.3 Å². The lowest BCUT2D eigenvalue weighted by atomic mass is 10.1. The van der Waals surface area contributed by atoms with Gasteiger partial charge in [0.25, 0.3) is 11.6 Å². The molecule has 0 atom stereocenters. The van der Waals surface area contributed by atoms with Crippen LogP contribution in [0.4, 0.5) is 11.4 Å². The monoisotopic (exact) mass is 472 g/mol. The van der Waals surface area contributed by atoms with Gasteiger partial charge in [-0.05, 0) is 42.8 Å². The van der Waals surface area contributed by atoms with Crippen LogP contribution >= 0.6 is 11.3 Å². The Kier molecular flexibility index (Phi) is 5.98. The summed E-state index contributed by atoms with van der Waals surface area (Å²) >= 11 is 1.71. The Labute approximate surface area is 201 Å². The van der Waals surface area contributed by atoms with E-state index in [2.05, 4.69) is 24.0 Å². The summed E-state index contributed by atoms with van der Waals surface area (Å²) in [6.07, 6.45) is 0.975. The SMILES string of the molecule is CCc1ccc(-c2cc(C(=O)N3CCN(c4ccc([N+](=O)[O-])cc4)CC3)c3ccccc3n2)s1. The molecule has 4 aromatic rings. The Morgan fingerprint density at radius 1 is 1.03 bits per heavy atom. The highest BCUT2D eigenvalue weighted by Crippen LogP contribution is 2.31. The number of hydrogen-bond donors (Lipinski definition) is 0. The van der Waals surface area contributed by atoms with E-state index in [1.54, 1.807) is 23.5 Å². The molecule has 1 aliphatic rings. The fraction of sp³-hybridized carbons (Fsp3) is 0.231. The standard InChI is InChI=1S/C26H24N4O3S/c1-2-20-11-12-25(34-20)24-17-22(21-5-3-4-6-23(21)27-24)26(31)29-15-13-28(14-16-29)18-7-9-19(10-8-18)30(32)33/h3-12,17H,2,13-16H2,1H3. The Morgan fingerprint density at radius 3 is 2.44 bits per heavy atom. The number of para-hydroxylation sites is 1. The van der Waals surface area contributed by atoms with Crippen molar-refractivity contribution >= 4 is 39.5 Å². The fourth-order valence-electron chi connectivity index (χ4n) is 4.31. The Morgan fingerprint density at radius 2 is 1.76 bits per heavy atom. The predicted octanol–water partition coefficient (Wildman–Crippen LogP) is 5.40. The number of aromatic nitrogens is 1. The summed E-state index contributed by atoms with van der Waals surface area (Å²) in [5.41, 5.74) is 3.33. The van der Waals surface area contributed by atoms with Crippen molar-refractivity contribution in [3.8, 4) is 10.6 Å². The number of non-ortho nitro benzene ring substituents is 1. The van der Waals surface area contributed by atoms with Crippen LogP contribution in [0.2, 0.25) is 0 Å². The van der Waals surface area contributed by atoms with Crippen molar-refractivity contribution in [1.82, 2.24) is 9.88 Å². The molecule has 0 unspecified atom stereocenters. The van der Waals surface area contributed by atoms with Crippen LogP contribution in [0, 0.1) is 10.1 Å². The molecular formula is C26H24N4O3S. The maximum Gasteiger partial charge on any atom is 0.269 e. The Bertz CT molecular complexity index is 1360. The van der Waals surface area contributed by atoms with Gasteiger partial charge in [-0.3, -0.25) is 14.9 Å². The highest BCUT2D eigenvalue weighted by atomic mass is 32.1. The second-order valence-electron chi connectivity index (χ2n) is 8.24. The van der Waals surface area contributed by atoms with Crippen LogP contribution in [0.5, 0.6) is 0 Å². The number of amides is 1. The molecule has 0 N–H and O–H groups in total. The topological polar surface area (TPSA) is 79.6 Å². The van der Waals surface area contributed by atoms with E-state index in [1.165, 1.54) is 17.0 Å². The van der Waals surface area contributed by atoms with Crippen molar-refractivity contribution in [2.24, 2.45) is 0 Å². The van der Waals surface area contributed by atoms with E-state index in [0.29, 0.717) is 31.7 Å². The number of carbonyl (C=O) groups excluding carboxylic acids is 1. The average molecular weight is 473 g/mol. The van der Waals surface area contributed by atoms with Gasteiger partial charge in [-0.2, -0.15) is 0 Å². The number of nitro groups is 1. The number of piperazine rings is 1. The number of nitrogens with zero attached hydrogens (tertiary/aromatic N) is 4. The molecule has 7 nitrogen and oxygen atoms in total. The summed E-state index contributed by atoms with van der Waals surface area (Å²) in [5.74, 6) is 0.00970. The normalized spacial score (nSPS) is 13.9. The number of carbonyl (C=O) groups is 1. The molecule has 2 aromatic heterocycles. The van der Waals surface area contributed by atoms with Crippen LogP contribution in [0.25, 0.3) is 21.5 Å². The smallest absolute Gasteiger partial charge is 0.269 e. The first kappa shape index (κ1) is 22.0. The molecule has 1 saturated heterocycles. The number of anilines is 1. The van der Waals surface area contributed by atoms with Gasteiger partial charge in [0, 0.05) is 54.3 Å². The minimum atomic E-state index is -0.396. The summed E-state index contributed by atoms with van der Waals surface area (Å²) in [6.45, 7) is 4.64. The minimum Gasteiger partial charge on any atom is -0.368 e. The van der Waals surface area contributed by atoms with Crippen LogP contribution in [0.1, 0.15) is 22.2 Å². The van der Waals surface area contributed by atoms with Crippen LogP contribution in [-0.4, -0.2) is 46.9 Å². The van der Waals surface area contributed by atoms with Gasteiger partial charge in [0.05, 0.1) is 26.6 Å². The summed E-state index contributed by atoms with van der Waals surface area (Å²) in [5, 5.41) is 11.8. The van der Waals surface area contributed by atoms with Crippen LogP contribution in [-0.2, 0) is 6.42 Å². The van der Waals surface area contributed by atoms with E-state index in [1.807, 2.05) is 35.2 Å². The van der Waals surface area contributed by atoms with Gasteiger partial charge in [0.2, 0.25) is 0 Å².